The molecule has 0 aliphatic carbocycles. The Morgan fingerprint density at radius 3 is 2.83 bits per heavy atom. The molecule has 1 aromatic carbocycles. The molecule has 2 atom stereocenters. The van der Waals surface area contributed by atoms with Gasteiger partial charge in [0.15, 0.2) is 5.17 Å². The number of fused-ring (bicyclic) bond motifs is 1. The fourth-order valence-electron chi connectivity index (χ4n) is 2.77. The Morgan fingerprint density at radius 2 is 2.17 bits per heavy atom. The summed E-state index contributed by atoms with van der Waals surface area (Å²) in [5, 5.41) is 0.422. The summed E-state index contributed by atoms with van der Waals surface area (Å²) < 4.78 is 5.81. The van der Waals surface area contributed by atoms with E-state index in [1.165, 1.54) is 18.9 Å². The number of amidine groups is 1. The molecule has 7 heteroatoms. The fourth-order valence-corrected chi connectivity index (χ4v) is 4.21. The third kappa shape index (κ3) is 2.72. The van der Waals surface area contributed by atoms with Gasteiger partial charge in [-0.1, -0.05) is 39.8 Å². The maximum Gasteiger partial charge on any atom is 0.338 e. The highest BCUT2D eigenvalue weighted by Gasteiger charge is 2.46. The molecule has 0 aromatic heterocycles. The zero-order valence-corrected chi connectivity index (χ0v) is 15.3. The van der Waals surface area contributed by atoms with Crippen molar-refractivity contribution in [2.45, 2.75) is 25.1 Å². The summed E-state index contributed by atoms with van der Waals surface area (Å²) in [5.74, 6) is -0.514. The number of aliphatic imine (C=N–C) groups is 1. The maximum atomic E-state index is 12.6. The van der Waals surface area contributed by atoms with Crippen LogP contribution in [0.1, 0.15) is 25.5 Å². The molecule has 2 aliphatic heterocycles. The van der Waals surface area contributed by atoms with Crippen molar-refractivity contribution >= 4 is 44.7 Å². The quantitative estimate of drug-likeness (QED) is 0.722. The van der Waals surface area contributed by atoms with Crippen molar-refractivity contribution in [2.75, 3.05) is 7.11 Å². The van der Waals surface area contributed by atoms with E-state index in [4.69, 9.17) is 4.74 Å². The molecule has 0 N–H and O–H groups in total. The van der Waals surface area contributed by atoms with Crippen molar-refractivity contribution in [3.63, 3.8) is 0 Å². The number of ether oxygens (including phenoxy) is 1. The monoisotopic (exact) mass is 394 g/mol. The van der Waals surface area contributed by atoms with Crippen LogP contribution in [0.4, 0.5) is 0 Å². The van der Waals surface area contributed by atoms with Gasteiger partial charge in [-0.25, -0.2) is 9.79 Å². The number of allylic oxidation sites excluding steroid dienone is 1. The lowest BCUT2D eigenvalue weighted by molar-refractivity contribution is -0.137. The van der Waals surface area contributed by atoms with E-state index < -0.39 is 12.0 Å². The van der Waals surface area contributed by atoms with Crippen LogP contribution < -0.4 is 0 Å². The molecule has 0 bridgehead atoms. The average Bonchev–Trinajstić information content (AvgIpc) is 2.79. The second-order valence-electron chi connectivity index (χ2n) is 5.31. The van der Waals surface area contributed by atoms with Crippen LogP contribution in [0.3, 0.4) is 0 Å². The van der Waals surface area contributed by atoms with Crippen LogP contribution in [0.15, 0.2) is 45.0 Å². The van der Waals surface area contributed by atoms with E-state index in [-0.39, 0.29) is 11.2 Å². The summed E-state index contributed by atoms with van der Waals surface area (Å²) in [5.41, 5.74) is 1.83. The van der Waals surface area contributed by atoms with Crippen LogP contribution in [0.2, 0.25) is 0 Å². The van der Waals surface area contributed by atoms with Crippen molar-refractivity contribution in [2.24, 2.45) is 4.99 Å². The summed E-state index contributed by atoms with van der Waals surface area (Å²) >= 11 is 4.86. The Hall–Kier alpha value is -1.60. The maximum absolute atomic E-state index is 12.6. The molecule has 120 valence electrons. The van der Waals surface area contributed by atoms with Crippen LogP contribution in [0, 0.1) is 0 Å². The smallest absolute Gasteiger partial charge is 0.338 e. The number of hydrogen-bond donors (Lipinski definition) is 0. The zero-order valence-electron chi connectivity index (χ0n) is 12.9. The molecule has 0 radical (unpaired) electrons. The van der Waals surface area contributed by atoms with Gasteiger partial charge in [-0.2, -0.15) is 0 Å². The Labute approximate surface area is 146 Å². The van der Waals surface area contributed by atoms with Crippen LogP contribution in [-0.4, -0.2) is 34.3 Å². The van der Waals surface area contributed by atoms with Crippen LogP contribution in [-0.2, 0) is 14.3 Å². The van der Waals surface area contributed by atoms with Crippen molar-refractivity contribution in [3.05, 3.63) is 45.6 Å². The van der Waals surface area contributed by atoms with Crippen LogP contribution in [0.5, 0.6) is 0 Å². The van der Waals surface area contributed by atoms with Crippen molar-refractivity contribution in [1.82, 2.24) is 4.90 Å². The van der Waals surface area contributed by atoms with E-state index in [9.17, 15) is 9.59 Å². The number of rotatable bonds is 2. The molecular weight excluding hydrogens is 380 g/mol. The summed E-state index contributed by atoms with van der Waals surface area (Å²) in [7, 11) is 1.34. The number of amides is 1. The van der Waals surface area contributed by atoms with Gasteiger partial charge in [0.2, 0.25) is 5.91 Å². The average molecular weight is 395 g/mol. The molecule has 1 fully saturated rings. The first-order valence-electron chi connectivity index (χ1n) is 7.07. The van der Waals surface area contributed by atoms with Crippen molar-refractivity contribution in [3.8, 4) is 0 Å². The second kappa shape index (κ2) is 6.13. The highest BCUT2D eigenvalue weighted by molar-refractivity contribution is 9.10. The molecule has 2 heterocycles. The van der Waals surface area contributed by atoms with Gasteiger partial charge >= 0.3 is 5.97 Å². The van der Waals surface area contributed by atoms with Gasteiger partial charge in [0.05, 0.1) is 29.7 Å². The number of hydrogen-bond acceptors (Lipinski definition) is 5. The number of nitrogens with zero attached hydrogens (tertiary/aromatic N) is 2. The summed E-state index contributed by atoms with van der Waals surface area (Å²) in [6.07, 6.45) is 0. The van der Waals surface area contributed by atoms with Gasteiger partial charge in [-0.3, -0.25) is 9.69 Å². The van der Waals surface area contributed by atoms with Gasteiger partial charge in [-0.05, 0) is 31.5 Å². The van der Waals surface area contributed by atoms with E-state index in [0.717, 1.165) is 10.0 Å². The zero-order chi connectivity index (χ0) is 16.7. The number of carbonyl (C=O) groups is 2. The standard InChI is InChI=1S/C16H15BrN2O3S/c1-8-12(15(21)22-3)13(10-5-4-6-11(17)7-10)19-14(20)9(2)23-16(19)18-8/h4-7,9,13H,1-3H3/t9-,13+/m1/s1. The Morgan fingerprint density at radius 1 is 1.43 bits per heavy atom. The van der Waals surface area contributed by atoms with Gasteiger partial charge in [0.1, 0.15) is 0 Å². The molecular formula is C16H15BrN2O3S. The Bertz CT molecular complexity index is 759. The lowest BCUT2D eigenvalue weighted by atomic mass is 9.94. The summed E-state index contributed by atoms with van der Waals surface area (Å²) in [6, 6.07) is 7.07. The molecule has 1 amide bonds. The predicted octanol–water partition coefficient (Wildman–Crippen LogP) is 3.27. The first kappa shape index (κ1) is 16.3. The number of esters is 1. The van der Waals surface area contributed by atoms with E-state index >= 15 is 0 Å². The minimum absolute atomic E-state index is 0.0485. The largest absolute Gasteiger partial charge is 0.466 e. The minimum Gasteiger partial charge on any atom is -0.466 e. The lowest BCUT2D eigenvalue weighted by Crippen LogP contribution is -2.40. The van der Waals surface area contributed by atoms with Gasteiger partial charge < -0.3 is 4.74 Å². The number of halogens is 1. The Balaban J connectivity index is 2.19. The topological polar surface area (TPSA) is 59.0 Å². The van der Waals surface area contributed by atoms with Crippen molar-refractivity contribution < 1.29 is 14.3 Å². The third-order valence-electron chi connectivity index (χ3n) is 3.83. The Kier molecular flexibility index (Phi) is 4.33. The van der Waals surface area contributed by atoms with Gasteiger partial charge in [0.25, 0.3) is 0 Å². The number of thioether (sulfide) groups is 1. The molecule has 2 aliphatic rings. The first-order valence-corrected chi connectivity index (χ1v) is 8.74. The van der Waals surface area contributed by atoms with E-state index in [1.54, 1.807) is 11.8 Å². The van der Waals surface area contributed by atoms with E-state index in [2.05, 4.69) is 20.9 Å². The number of carbonyl (C=O) groups excluding carboxylic acids is 2. The minimum atomic E-state index is -0.516. The van der Waals surface area contributed by atoms with Crippen LogP contribution in [0.25, 0.3) is 0 Å². The fraction of sp³-hybridized carbons (Fsp3) is 0.312. The lowest BCUT2D eigenvalue weighted by Gasteiger charge is -2.32. The highest BCUT2D eigenvalue weighted by Crippen LogP contribution is 2.43. The number of benzene rings is 1. The summed E-state index contributed by atoms with van der Waals surface area (Å²) in [4.78, 5) is 31.0. The molecule has 3 rings (SSSR count). The first-order chi connectivity index (χ1) is 10.9. The third-order valence-corrected chi connectivity index (χ3v) is 5.38. The predicted molar refractivity (Wildman–Crippen MR) is 92.9 cm³/mol. The molecule has 23 heavy (non-hydrogen) atoms. The van der Waals surface area contributed by atoms with Crippen molar-refractivity contribution in [1.29, 1.82) is 0 Å². The molecule has 5 nitrogen and oxygen atoms in total. The van der Waals surface area contributed by atoms with E-state index in [0.29, 0.717) is 16.4 Å². The molecule has 0 saturated carbocycles. The molecule has 1 aromatic rings. The van der Waals surface area contributed by atoms with E-state index in [1.807, 2.05) is 31.2 Å². The summed E-state index contributed by atoms with van der Waals surface area (Å²) in [6.45, 7) is 3.62. The normalized spacial score (nSPS) is 23.7. The molecule has 1 saturated heterocycles. The second-order valence-corrected chi connectivity index (χ2v) is 7.53. The molecule has 0 unspecified atom stereocenters. The SMILES string of the molecule is COC(=O)C1=C(C)N=C2S[C@H](C)C(=O)N2[C@H]1c1cccc(Br)c1. The number of methoxy groups -OCH3 is 1. The van der Waals surface area contributed by atoms with Gasteiger partial charge in [-0.15, -0.1) is 0 Å². The van der Waals surface area contributed by atoms with Crippen LogP contribution >= 0.6 is 27.7 Å². The van der Waals surface area contributed by atoms with Gasteiger partial charge in [0, 0.05) is 4.47 Å². The highest BCUT2D eigenvalue weighted by atomic mass is 79.9. The molecule has 0 spiro atoms.